The third kappa shape index (κ3) is 4.12. The molecule has 8 heteroatoms. The molecule has 31 heavy (non-hydrogen) atoms. The highest BCUT2D eigenvalue weighted by atomic mass is 32.2. The molecule has 0 spiro atoms. The number of nitrogens with zero attached hydrogens (tertiary/aromatic N) is 2. The summed E-state index contributed by atoms with van der Waals surface area (Å²) in [5.74, 6) is -0.652. The van der Waals surface area contributed by atoms with Crippen LogP contribution in [0.3, 0.4) is 0 Å². The number of fused-ring (bicyclic) bond motifs is 3. The van der Waals surface area contributed by atoms with E-state index in [-0.39, 0.29) is 24.3 Å². The monoisotopic (exact) mass is 437 g/mol. The standard InChI is InChI=1S/C23H23N3O4S/c1-31(29,30)26(17-8-6-7-16(13-17)23(24)28)15-18(27)14-25-21-11-4-2-9-19(21)20-10-3-5-12-22(20)25/h2-13,18,27H,14-15H2,1H3,(H2,24,28). The van der Waals surface area contributed by atoms with Gasteiger partial charge in [-0.25, -0.2) is 8.42 Å². The minimum absolute atomic E-state index is 0.165. The Kier molecular flexibility index (Phi) is 5.43. The van der Waals surface area contributed by atoms with Crippen LogP contribution in [0.4, 0.5) is 5.69 Å². The number of para-hydroxylation sites is 2. The van der Waals surface area contributed by atoms with Crippen LogP contribution in [0.5, 0.6) is 0 Å². The fourth-order valence-corrected chi connectivity index (χ4v) is 4.85. The van der Waals surface area contributed by atoms with Crippen LogP contribution in [0.1, 0.15) is 10.4 Å². The second kappa shape index (κ2) is 8.05. The quantitative estimate of drug-likeness (QED) is 0.464. The Morgan fingerprint density at radius 3 is 2.13 bits per heavy atom. The zero-order valence-electron chi connectivity index (χ0n) is 17.0. The van der Waals surface area contributed by atoms with Gasteiger partial charge in [-0.15, -0.1) is 0 Å². The molecule has 0 aliphatic carbocycles. The lowest BCUT2D eigenvalue weighted by Gasteiger charge is -2.26. The maximum absolute atomic E-state index is 12.5. The summed E-state index contributed by atoms with van der Waals surface area (Å²) in [4.78, 5) is 11.5. The number of carbonyl (C=O) groups excluding carboxylic acids is 1. The van der Waals surface area contributed by atoms with Crippen LogP contribution >= 0.6 is 0 Å². The molecular formula is C23H23N3O4S. The van der Waals surface area contributed by atoms with E-state index >= 15 is 0 Å². The van der Waals surface area contributed by atoms with Crippen molar-refractivity contribution in [3.05, 3.63) is 78.4 Å². The summed E-state index contributed by atoms with van der Waals surface area (Å²) in [5, 5.41) is 13.0. The lowest BCUT2D eigenvalue weighted by Crippen LogP contribution is -2.38. The van der Waals surface area contributed by atoms with Gasteiger partial charge in [-0.3, -0.25) is 9.10 Å². The van der Waals surface area contributed by atoms with Crippen molar-refractivity contribution in [2.45, 2.75) is 12.6 Å². The smallest absolute Gasteiger partial charge is 0.248 e. The Morgan fingerprint density at radius 1 is 1.00 bits per heavy atom. The number of aliphatic hydroxyl groups is 1. The van der Waals surface area contributed by atoms with E-state index in [1.165, 1.54) is 12.1 Å². The maximum Gasteiger partial charge on any atom is 0.248 e. The number of nitrogens with two attached hydrogens (primary N) is 1. The minimum atomic E-state index is -3.71. The molecule has 1 amide bonds. The third-order valence-electron chi connectivity index (χ3n) is 5.27. The van der Waals surface area contributed by atoms with E-state index in [0.717, 1.165) is 32.4 Å². The van der Waals surface area contributed by atoms with Crippen molar-refractivity contribution in [3.63, 3.8) is 0 Å². The highest BCUT2D eigenvalue weighted by molar-refractivity contribution is 7.92. The number of rotatable bonds is 7. The number of primary amides is 1. The fraction of sp³-hybridized carbons (Fsp3) is 0.174. The lowest BCUT2D eigenvalue weighted by molar-refractivity contribution is 0.100. The van der Waals surface area contributed by atoms with Gasteiger partial charge in [0.1, 0.15) is 0 Å². The van der Waals surface area contributed by atoms with Crippen LogP contribution in [0.15, 0.2) is 72.8 Å². The number of anilines is 1. The lowest BCUT2D eigenvalue weighted by atomic mass is 10.2. The van der Waals surface area contributed by atoms with Gasteiger partial charge in [0.15, 0.2) is 0 Å². The van der Waals surface area contributed by atoms with Gasteiger partial charge in [-0.1, -0.05) is 42.5 Å². The van der Waals surface area contributed by atoms with Crippen molar-refractivity contribution in [2.24, 2.45) is 5.73 Å². The first kappa shape index (κ1) is 20.9. The zero-order valence-corrected chi connectivity index (χ0v) is 17.8. The molecule has 4 rings (SSSR count). The predicted molar refractivity (Wildman–Crippen MR) is 123 cm³/mol. The Hall–Kier alpha value is -3.36. The second-order valence-corrected chi connectivity index (χ2v) is 9.41. The predicted octanol–water partition coefficient (Wildman–Crippen LogP) is 2.72. The molecule has 0 aliphatic rings. The number of aliphatic hydroxyl groups excluding tert-OH is 1. The van der Waals surface area contributed by atoms with E-state index in [9.17, 15) is 18.3 Å². The average Bonchev–Trinajstić information content (AvgIpc) is 3.05. The van der Waals surface area contributed by atoms with Crippen molar-refractivity contribution < 1.29 is 18.3 Å². The molecule has 4 aromatic rings. The Bertz CT molecular complexity index is 1320. The van der Waals surface area contributed by atoms with E-state index in [2.05, 4.69) is 0 Å². The normalized spacial score (nSPS) is 12.8. The zero-order chi connectivity index (χ0) is 22.2. The molecule has 0 aliphatic heterocycles. The topological polar surface area (TPSA) is 106 Å². The first-order chi connectivity index (χ1) is 14.8. The molecule has 3 N–H and O–H groups in total. The molecule has 1 heterocycles. The van der Waals surface area contributed by atoms with Crippen LogP contribution in [-0.4, -0.2) is 42.9 Å². The van der Waals surface area contributed by atoms with Gasteiger partial charge >= 0.3 is 0 Å². The number of hydrogen-bond acceptors (Lipinski definition) is 4. The number of hydrogen-bond donors (Lipinski definition) is 2. The summed E-state index contributed by atoms with van der Waals surface area (Å²) in [6.07, 6.45) is 0.0723. The Morgan fingerprint density at radius 2 is 1.58 bits per heavy atom. The van der Waals surface area contributed by atoms with Gasteiger partial charge in [0, 0.05) is 27.4 Å². The first-order valence-corrected chi connectivity index (χ1v) is 11.6. The van der Waals surface area contributed by atoms with Crippen molar-refractivity contribution in [3.8, 4) is 0 Å². The Balaban J connectivity index is 1.69. The van der Waals surface area contributed by atoms with Crippen molar-refractivity contribution >= 4 is 43.4 Å². The van der Waals surface area contributed by atoms with E-state index in [1.54, 1.807) is 12.1 Å². The molecule has 1 aromatic heterocycles. The molecule has 1 unspecified atom stereocenters. The SMILES string of the molecule is CS(=O)(=O)N(CC(O)Cn1c2ccccc2c2ccccc21)c1cccc(C(N)=O)c1. The van der Waals surface area contributed by atoms with E-state index < -0.39 is 22.0 Å². The largest absolute Gasteiger partial charge is 0.389 e. The molecule has 3 aromatic carbocycles. The first-order valence-electron chi connectivity index (χ1n) is 9.77. The number of aromatic nitrogens is 1. The Labute approximate surface area is 180 Å². The highest BCUT2D eigenvalue weighted by Crippen LogP contribution is 2.29. The summed E-state index contributed by atoms with van der Waals surface area (Å²) in [5.41, 5.74) is 7.73. The molecule has 0 saturated carbocycles. The number of sulfonamides is 1. The van der Waals surface area contributed by atoms with Crippen LogP contribution < -0.4 is 10.0 Å². The number of benzene rings is 3. The van der Waals surface area contributed by atoms with Crippen LogP contribution in [0.25, 0.3) is 21.8 Å². The molecule has 160 valence electrons. The molecule has 0 radical (unpaired) electrons. The molecule has 7 nitrogen and oxygen atoms in total. The van der Waals surface area contributed by atoms with E-state index in [1.807, 2.05) is 53.1 Å². The average molecular weight is 438 g/mol. The van der Waals surface area contributed by atoms with Gasteiger partial charge in [0.05, 0.1) is 31.1 Å². The van der Waals surface area contributed by atoms with Crippen molar-refractivity contribution in [1.29, 1.82) is 0 Å². The van der Waals surface area contributed by atoms with Gasteiger partial charge in [0.2, 0.25) is 15.9 Å². The van der Waals surface area contributed by atoms with Gasteiger partial charge in [0.25, 0.3) is 0 Å². The second-order valence-electron chi connectivity index (χ2n) is 7.51. The van der Waals surface area contributed by atoms with E-state index in [4.69, 9.17) is 5.73 Å². The van der Waals surface area contributed by atoms with Crippen molar-refractivity contribution in [1.82, 2.24) is 4.57 Å². The van der Waals surface area contributed by atoms with E-state index in [0.29, 0.717) is 0 Å². The van der Waals surface area contributed by atoms with Crippen LogP contribution in [0, 0.1) is 0 Å². The molecular weight excluding hydrogens is 414 g/mol. The molecule has 1 atom stereocenters. The molecule has 0 saturated heterocycles. The van der Waals surface area contributed by atoms with Gasteiger partial charge in [-0.05, 0) is 30.3 Å². The fourth-order valence-electron chi connectivity index (χ4n) is 3.91. The number of carbonyl (C=O) groups is 1. The molecule has 0 bridgehead atoms. The summed E-state index contributed by atoms with van der Waals surface area (Å²) in [6, 6.07) is 21.9. The van der Waals surface area contributed by atoms with Crippen molar-refractivity contribution in [2.75, 3.05) is 17.1 Å². The summed E-state index contributed by atoms with van der Waals surface area (Å²) in [7, 11) is -3.71. The molecule has 0 fully saturated rings. The summed E-state index contributed by atoms with van der Waals surface area (Å²) in [6.45, 7) is 0.0391. The summed E-state index contributed by atoms with van der Waals surface area (Å²) >= 11 is 0. The van der Waals surface area contributed by atoms with Gasteiger partial charge in [-0.2, -0.15) is 0 Å². The van der Waals surface area contributed by atoms with Crippen LogP contribution in [0.2, 0.25) is 0 Å². The van der Waals surface area contributed by atoms with Gasteiger partial charge < -0.3 is 15.4 Å². The maximum atomic E-state index is 12.5. The third-order valence-corrected chi connectivity index (χ3v) is 6.43. The van der Waals surface area contributed by atoms with Crippen LogP contribution in [-0.2, 0) is 16.6 Å². The summed E-state index contributed by atoms with van der Waals surface area (Å²) < 4.78 is 28.0. The highest BCUT2D eigenvalue weighted by Gasteiger charge is 2.23. The minimum Gasteiger partial charge on any atom is -0.389 e. The number of amides is 1.